The van der Waals surface area contributed by atoms with E-state index in [1.807, 2.05) is 37.3 Å². The molecule has 0 aliphatic rings. The molecule has 5 heteroatoms. The van der Waals surface area contributed by atoms with E-state index in [1.165, 1.54) is 0 Å². The average Bonchev–Trinajstić information content (AvgIpc) is 2.83. The number of anilines is 2. The first-order valence-electron chi connectivity index (χ1n) is 6.05. The van der Waals surface area contributed by atoms with Gasteiger partial charge in [0.1, 0.15) is 5.76 Å². The van der Waals surface area contributed by atoms with E-state index in [1.54, 1.807) is 6.07 Å². The Kier molecular flexibility index (Phi) is 4.47. The molecule has 0 saturated carbocycles. The van der Waals surface area contributed by atoms with Crippen LogP contribution in [0.25, 0.3) is 0 Å². The number of carbonyl (C=O) groups is 1. The van der Waals surface area contributed by atoms with Crippen LogP contribution in [0.2, 0.25) is 5.22 Å². The smallest absolute Gasteiger partial charge is 0.224 e. The van der Waals surface area contributed by atoms with E-state index in [9.17, 15) is 4.79 Å². The molecule has 2 rings (SSSR count). The Hall–Kier alpha value is -1.94. The maximum atomic E-state index is 11.2. The summed E-state index contributed by atoms with van der Waals surface area (Å²) < 4.78 is 5.24. The predicted octanol–water partition coefficient (Wildman–Crippen LogP) is 3.89. The maximum Gasteiger partial charge on any atom is 0.224 e. The molecule has 2 N–H and O–H groups in total. The Labute approximate surface area is 116 Å². The molecule has 1 aromatic carbocycles. The summed E-state index contributed by atoms with van der Waals surface area (Å²) in [4.78, 5) is 11.2. The van der Waals surface area contributed by atoms with Crippen LogP contribution in [0.1, 0.15) is 19.1 Å². The first-order chi connectivity index (χ1) is 9.17. The summed E-state index contributed by atoms with van der Waals surface area (Å²) in [5.74, 6) is 0.777. The Bertz CT molecular complexity index is 549. The van der Waals surface area contributed by atoms with Crippen LogP contribution in [-0.4, -0.2) is 5.91 Å². The highest BCUT2D eigenvalue weighted by molar-refractivity contribution is 6.28. The molecular weight excluding hydrogens is 264 g/mol. The number of halogens is 1. The third kappa shape index (κ3) is 4.03. The van der Waals surface area contributed by atoms with Crippen molar-refractivity contribution in [2.75, 3.05) is 10.6 Å². The number of carbonyl (C=O) groups excluding carboxylic acids is 1. The Balaban J connectivity index is 1.89. The summed E-state index contributed by atoms with van der Waals surface area (Å²) in [5, 5.41) is 6.38. The molecule has 0 aliphatic carbocycles. The molecule has 0 fully saturated rings. The van der Waals surface area contributed by atoms with Gasteiger partial charge in [0.2, 0.25) is 5.91 Å². The van der Waals surface area contributed by atoms with Crippen molar-refractivity contribution in [3.05, 3.63) is 47.4 Å². The van der Waals surface area contributed by atoms with Crippen LogP contribution in [0.4, 0.5) is 11.4 Å². The summed E-state index contributed by atoms with van der Waals surface area (Å²) >= 11 is 5.69. The van der Waals surface area contributed by atoms with Crippen molar-refractivity contribution in [2.24, 2.45) is 0 Å². The van der Waals surface area contributed by atoms with E-state index in [-0.39, 0.29) is 5.91 Å². The number of hydrogen-bond donors (Lipinski definition) is 2. The lowest BCUT2D eigenvalue weighted by Gasteiger charge is -2.07. The zero-order chi connectivity index (χ0) is 13.7. The molecule has 4 nitrogen and oxygen atoms in total. The SMILES string of the molecule is CCC(=O)Nc1ccc(NCc2ccc(Cl)o2)cc1. The van der Waals surface area contributed by atoms with Crippen molar-refractivity contribution < 1.29 is 9.21 Å². The Morgan fingerprint density at radius 2 is 1.84 bits per heavy atom. The monoisotopic (exact) mass is 278 g/mol. The number of furan rings is 1. The Morgan fingerprint density at radius 3 is 2.42 bits per heavy atom. The lowest BCUT2D eigenvalue weighted by molar-refractivity contribution is -0.115. The van der Waals surface area contributed by atoms with Gasteiger partial charge >= 0.3 is 0 Å². The third-order valence-electron chi connectivity index (χ3n) is 2.59. The van der Waals surface area contributed by atoms with Crippen LogP contribution in [0.3, 0.4) is 0 Å². The van der Waals surface area contributed by atoms with Gasteiger partial charge < -0.3 is 15.1 Å². The number of hydrogen-bond acceptors (Lipinski definition) is 3. The van der Waals surface area contributed by atoms with Gasteiger partial charge in [-0.1, -0.05) is 6.92 Å². The second-order valence-corrected chi connectivity index (χ2v) is 4.41. The lowest BCUT2D eigenvalue weighted by atomic mass is 10.2. The normalized spacial score (nSPS) is 10.2. The van der Waals surface area contributed by atoms with Crippen molar-refractivity contribution in [3.63, 3.8) is 0 Å². The molecule has 0 unspecified atom stereocenters. The fourth-order valence-corrected chi connectivity index (χ4v) is 1.72. The molecule has 0 radical (unpaired) electrons. The highest BCUT2D eigenvalue weighted by Gasteiger charge is 2.01. The molecule has 2 aromatic rings. The highest BCUT2D eigenvalue weighted by Crippen LogP contribution is 2.17. The molecule has 0 bridgehead atoms. The van der Waals surface area contributed by atoms with E-state index in [0.29, 0.717) is 18.2 Å². The zero-order valence-electron chi connectivity index (χ0n) is 10.6. The van der Waals surface area contributed by atoms with Gasteiger partial charge in [0, 0.05) is 17.8 Å². The molecule has 19 heavy (non-hydrogen) atoms. The molecule has 0 aliphatic heterocycles. The largest absolute Gasteiger partial charge is 0.448 e. The minimum atomic E-state index is 0.00550. The van der Waals surface area contributed by atoms with Gasteiger partial charge in [0.15, 0.2) is 5.22 Å². The highest BCUT2D eigenvalue weighted by atomic mass is 35.5. The molecule has 1 aromatic heterocycles. The molecule has 0 atom stereocenters. The van der Waals surface area contributed by atoms with Crippen molar-refractivity contribution in [1.29, 1.82) is 0 Å². The minimum absolute atomic E-state index is 0.00550. The second kappa shape index (κ2) is 6.29. The molecule has 100 valence electrons. The van der Waals surface area contributed by atoms with E-state index in [2.05, 4.69) is 10.6 Å². The van der Waals surface area contributed by atoms with Gasteiger partial charge in [-0.2, -0.15) is 0 Å². The standard InChI is InChI=1S/C14H15ClN2O2/c1-2-14(18)17-11-5-3-10(4-6-11)16-9-12-7-8-13(15)19-12/h3-8,16H,2,9H2,1H3,(H,17,18). The predicted molar refractivity (Wildman–Crippen MR) is 76.4 cm³/mol. The summed E-state index contributed by atoms with van der Waals surface area (Å²) in [7, 11) is 0. The van der Waals surface area contributed by atoms with Gasteiger partial charge in [-0.25, -0.2) is 0 Å². The molecular formula is C14H15ClN2O2. The van der Waals surface area contributed by atoms with Crippen LogP contribution in [0, 0.1) is 0 Å². The fraction of sp³-hybridized carbons (Fsp3) is 0.214. The number of benzene rings is 1. The van der Waals surface area contributed by atoms with E-state index in [4.69, 9.17) is 16.0 Å². The molecule has 0 saturated heterocycles. The van der Waals surface area contributed by atoms with Crippen LogP contribution >= 0.6 is 11.6 Å². The van der Waals surface area contributed by atoms with E-state index < -0.39 is 0 Å². The first kappa shape index (κ1) is 13.5. The summed E-state index contributed by atoms with van der Waals surface area (Å²) in [6.45, 7) is 2.38. The quantitative estimate of drug-likeness (QED) is 0.872. The average molecular weight is 279 g/mol. The van der Waals surface area contributed by atoms with Crippen molar-refractivity contribution in [3.8, 4) is 0 Å². The van der Waals surface area contributed by atoms with Gasteiger partial charge in [0.25, 0.3) is 0 Å². The second-order valence-electron chi connectivity index (χ2n) is 4.04. The minimum Gasteiger partial charge on any atom is -0.448 e. The topological polar surface area (TPSA) is 54.3 Å². The van der Waals surface area contributed by atoms with Crippen LogP contribution in [0.5, 0.6) is 0 Å². The van der Waals surface area contributed by atoms with Gasteiger partial charge in [-0.05, 0) is 48.0 Å². The molecule has 1 amide bonds. The van der Waals surface area contributed by atoms with Gasteiger partial charge in [-0.15, -0.1) is 0 Å². The number of amides is 1. The van der Waals surface area contributed by atoms with E-state index >= 15 is 0 Å². The van der Waals surface area contributed by atoms with Crippen molar-refractivity contribution in [1.82, 2.24) is 0 Å². The van der Waals surface area contributed by atoms with Crippen LogP contribution in [0.15, 0.2) is 40.8 Å². The van der Waals surface area contributed by atoms with Gasteiger partial charge in [-0.3, -0.25) is 4.79 Å². The lowest BCUT2D eigenvalue weighted by Crippen LogP contribution is -2.09. The summed E-state index contributed by atoms with van der Waals surface area (Å²) in [5.41, 5.74) is 1.74. The number of rotatable bonds is 5. The Morgan fingerprint density at radius 1 is 1.16 bits per heavy atom. The van der Waals surface area contributed by atoms with E-state index in [0.717, 1.165) is 17.1 Å². The number of nitrogens with one attached hydrogen (secondary N) is 2. The van der Waals surface area contributed by atoms with Crippen LogP contribution in [-0.2, 0) is 11.3 Å². The summed E-state index contributed by atoms with van der Waals surface area (Å²) in [6, 6.07) is 11.0. The zero-order valence-corrected chi connectivity index (χ0v) is 11.3. The third-order valence-corrected chi connectivity index (χ3v) is 2.79. The van der Waals surface area contributed by atoms with Crippen molar-refractivity contribution >= 4 is 28.9 Å². The van der Waals surface area contributed by atoms with Gasteiger partial charge in [0.05, 0.1) is 6.54 Å². The summed E-state index contributed by atoms with van der Waals surface area (Å²) in [6.07, 6.45) is 0.471. The fourth-order valence-electron chi connectivity index (χ4n) is 1.56. The first-order valence-corrected chi connectivity index (χ1v) is 6.43. The molecule has 1 heterocycles. The van der Waals surface area contributed by atoms with Crippen LogP contribution < -0.4 is 10.6 Å². The molecule has 0 spiro atoms. The van der Waals surface area contributed by atoms with Crippen molar-refractivity contribution in [2.45, 2.75) is 19.9 Å². The maximum absolute atomic E-state index is 11.2.